The SMILES string of the molecule is CCc1cc(Nc2nccn3c(-c4cn(CC#N)nc4C(F)(F)F)cnc23)ccc1C(=O)NCC(=O)N1CC[C@@H](N)C1.O=CO. The minimum Gasteiger partial charge on any atom is -0.483 e. The molecule has 0 spiro atoms. The van der Waals surface area contributed by atoms with E-state index in [-0.39, 0.29) is 60.1 Å². The Morgan fingerprint density at radius 2 is 2.04 bits per heavy atom. The first-order chi connectivity index (χ1) is 21.5. The number of fused-ring (bicyclic) bond motifs is 1. The van der Waals surface area contributed by atoms with Crippen LogP contribution in [0.5, 0.6) is 0 Å². The molecular weight excluding hydrogens is 597 g/mol. The summed E-state index contributed by atoms with van der Waals surface area (Å²) in [7, 11) is 0. The highest BCUT2D eigenvalue weighted by Crippen LogP contribution is 2.37. The van der Waals surface area contributed by atoms with Crippen molar-refractivity contribution in [2.75, 3.05) is 25.0 Å². The van der Waals surface area contributed by atoms with Crippen LogP contribution in [0.25, 0.3) is 16.9 Å². The van der Waals surface area contributed by atoms with Gasteiger partial charge in [-0.05, 0) is 36.6 Å². The van der Waals surface area contributed by atoms with Gasteiger partial charge in [-0.1, -0.05) is 6.92 Å². The van der Waals surface area contributed by atoms with E-state index < -0.39 is 11.9 Å². The Labute approximate surface area is 254 Å². The summed E-state index contributed by atoms with van der Waals surface area (Å²) >= 11 is 0. The molecule has 0 aliphatic carbocycles. The first-order valence-corrected chi connectivity index (χ1v) is 13.6. The summed E-state index contributed by atoms with van der Waals surface area (Å²) in [6.07, 6.45) is 1.85. The molecule has 4 heterocycles. The van der Waals surface area contributed by atoms with Gasteiger partial charge in [-0.2, -0.15) is 23.5 Å². The minimum absolute atomic E-state index is 0.0453. The van der Waals surface area contributed by atoms with Gasteiger partial charge in [0, 0.05) is 49.0 Å². The van der Waals surface area contributed by atoms with Gasteiger partial charge in [0.25, 0.3) is 12.4 Å². The molecule has 4 aromatic rings. The predicted molar refractivity (Wildman–Crippen MR) is 154 cm³/mol. The Balaban J connectivity index is 0.00000148. The van der Waals surface area contributed by atoms with Crippen molar-refractivity contribution in [1.82, 2.24) is 34.4 Å². The average Bonchev–Trinajstić information content (AvgIpc) is 3.75. The van der Waals surface area contributed by atoms with Crippen LogP contribution in [0.4, 0.5) is 24.7 Å². The lowest BCUT2D eigenvalue weighted by atomic mass is 10.0. The number of carboxylic acid groups (broad SMARTS) is 1. The quantitative estimate of drug-likeness (QED) is 0.211. The second-order valence-electron chi connectivity index (χ2n) is 9.88. The van der Waals surface area contributed by atoms with E-state index in [9.17, 15) is 22.8 Å². The first-order valence-electron chi connectivity index (χ1n) is 13.6. The molecule has 45 heavy (non-hydrogen) atoms. The number of amides is 2. The summed E-state index contributed by atoms with van der Waals surface area (Å²) < 4.78 is 43.6. The summed E-state index contributed by atoms with van der Waals surface area (Å²) in [4.78, 5) is 43.9. The van der Waals surface area contributed by atoms with Gasteiger partial charge in [0.1, 0.15) is 6.54 Å². The first kappa shape index (κ1) is 32.4. The molecule has 5 N–H and O–H groups in total. The van der Waals surface area contributed by atoms with Crippen molar-refractivity contribution in [2.45, 2.75) is 38.5 Å². The highest BCUT2D eigenvalue weighted by Gasteiger charge is 2.38. The van der Waals surface area contributed by atoms with Crippen LogP contribution in [-0.2, 0) is 28.7 Å². The van der Waals surface area contributed by atoms with Crippen molar-refractivity contribution in [2.24, 2.45) is 5.73 Å². The van der Waals surface area contributed by atoms with Gasteiger partial charge in [0.05, 0.1) is 30.1 Å². The van der Waals surface area contributed by atoms with Crippen molar-refractivity contribution in [3.05, 3.63) is 59.8 Å². The maximum Gasteiger partial charge on any atom is 0.435 e. The fourth-order valence-corrected chi connectivity index (χ4v) is 4.88. The van der Waals surface area contributed by atoms with Crippen LogP contribution in [-0.4, -0.2) is 78.1 Å². The van der Waals surface area contributed by atoms with Crippen molar-refractivity contribution in [3.63, 3.8) is 0 Å². The van der Waals surface area contributed by atoms with Crippen molar-refractivity contribution in [1.29, 1.82) is 5.26 Å². The highest BCUT2D eigenvalue weighted by atomic mass is 19.4. The molecule has 236 valence electrons. The van der Waals surface area contributed by atoms with Gasteiger partial charge in [-0.3, -0.25) is 23.5 Å². The number of carbonyl (C=O) groups is 3. The van der Waals surface area contributed by atoms with E-state index in [1.165, 1.54) is 23.0 Å². The molecule has 1 aliphatic rings. The maximum absolute atomic E-state index is 13.7. The highest BCUT2D eigenvalue weighted by molar-refractivity contribution is 5.98. The summed E-state index contributed by atoms with van der Waals surface area (Å²) in [5.74, 6) is -0.299. The molecule has 14 nitrogen and oxygen atoms in total. The minimum atomic E-state index is -4.74. The Morgan fingerprint density at radius 1 is 1.29 bits per heavy atom. The van der Waals surface area contributed by atoms with Crippen LogP contribution < -0.4 is 16.4 Å². The van der Waals surface area contributed by atoms with Gasteiger partial charge >= 0.3 is 6.18 Å². The second kappa shape index (κ2) is 13.9. The zero-order valence-electron chi connectivity index (χ0n) is 24.0. The average molecular weight is 627 g/mol. The van der Waals surface area contributed by atoms with E-state index in [1.54, 1.807) is 29.2 Å². The van der Waals surface area contributed by atoms with Gasteiger partial charge in [-0.25, -0.2) is 9.97 Å². The third-order valence-electron chi connectivity index (χ3n) is 6.94. The number of aryl methyl sites for hydroxylation is 1. The van der Waals surface area contributed by atoms with E-state index in [1.807, 2.05) is 6.92 Å². The van der Waals surface area contributed by atoms with Crippen molar-refractivity contribution in [3.8, 4) is 17.3 Å². The van der Waals surface area contributed by atoms with Crippen LogP contribution in [0.2, 0.25) is 0 Å². The number of imidazole rings is 1. The van der Waals surface area contributed by atoms with Crippen molar-refractivity contribution >= 4 is 35.4 Å². The van der Waals surface area contributed by atoms with Crippen LogP contribution in [0.15, 0.2) is 43.0 Å². The molecule has 5 rings (SSSR count). The Bertz CT molecular complexity index is 1740. The molecule has 1 aliphatic heterocycles. The largest absolute Gasteiger partial charge is 0.483 e. The molecule has 1 aromatic carbocycles. The number of anilines is 2. The molecule has 0 radical (unpaired) electrons. The molecular formula is C28H29F3N10O4. The van der Waals surface area contributed by atoms with Gasteiger partial charge in [0.15, 0.2) is 17.2 Å². The number of carbonyl (C=O) groups excluding carboxylic acids is 2. The number of benzene rings is 1. The number of alkyl halides is 3. The van der Waals surface area contributed by atoms with E-state index in [4.69, 9.17) is 20.9 Å². The third kappa shape index (κ3) is 7.36. The number of nitrogens with two attached hydrogens (primary N) is 1. The number of halogens is 3. The monoisotopic (exact) mass is 626 g/mol. The number of nitriles is 1. The number of likely N-dealkylation sites (tertiary alicyclic amines) is 1. The van der Waals surface area contributed by atoms with Crippen LogP contribution in [0.1, 0.15) is 35.0 Å². The molecule has 2 amide bonds. The summed E-state index contributed by atoms with van der Waals surface area (Å²) in [5.41, 5.74) is 6.59. The summed E-state index contributed by atoms with van der Waals surface area (Å²) in [6, 6.07) is 6.79. The Morgan fingerprint density at radius 3 is 2.69 bits per heavy atom. The lowest BCUT2D eigenvalue weighted by molar-refractivity contribution is -0.141. The number of nitrogens with zero attached hydrogens (tertiary/aromatic N) is 7. The Hall–Kier alpha value is -5.50. The number of rotatable bonds is 8. The molecule has 17 heteroatoms. The molecule has 0 saturated carbocycles. The number of aromatic nitrogens is 5. The predicted octanol–water partition coefficient (Wildman–Crippen LogP) is 2.43. The van der Waals surface area contributed by atoms with Gasteiger partial charge in [-0.15, -0.1) is 0 Å². The fraction of sp³-hybridized carbons (Fsp3) is 0.321. The molecule has 1 fully saturated rings. The normalized spacial score (nSPS) is 14.4. The lowest BCUT2D eigenvalue weighted by Crippen LogP contribution is -2.40. The Kier molecular flexibility index (Phi) is 9.98. The van der Waals surface area contributed by atoms with E-state index >= 15 is 0 Å². The van der Waals surface area contributed by atoms with Gasteiger partial charge in [0.2, 0.25) is 5.91 Å². The third-order valence-corrected chi connectivity index (χ3v) is 6.94. The van der Waals surface area contributed by atoms with Crippen molar-refractivity contribution < 1.29 is 32.7 Å². The standard InChI is InChI=1S/C27H27F3N10O2.CH2O2/c1-2-16-11-18(3-4-19(16)26(42)35-13-22(41)38-8-5-17(32)14-38)36-24-25-34-12-21(40(25)10-7-33-24)20-15-39(9-6-31)37-23(20)27(28,29)30;2-1-3/h3-4,7,10-12,15,17H,2,5,8-9,13-14,32H2,1H3,(H,33,36)(H,35,42);1H,(H,2,3)/t17-;/m1./s1. The molecule has 1 atom stereocenters. The zero-order valence-corrected chi connectivity index (χ0v) is 24.0. The van der Waals surface area contributed by atoms with Gasteiger partial charge < -0.3 is 26.4 Å². The lowest BCUT2D eigenvalue weighted by Gasteiger charge is -2.17. The topological polar surface area (TPSA) is 197 Å². The van der Waals surface area contributed by atoms with E-state index in [0.29, 0.717) is 36.3 Å². The summed E-state index contributed by atoms with van der Waals surface area (Å²) in [6.45, 7) is 2.21. The van der Waals surface area contributed by atoms with E-state index in [0.717, 1.165) is 17.3 Å². The molecule has 1 saturated heterocycles. The smallest absolute Gasteiger partial charge is 0.435 e. The van der Waals surface area contributed by atoms with Crippen LogP contribution >= 0.6 is 0 Å². The number of hydrogen-bond acceptors (Lipinski definition) is 9. The van der Waals surface area contributed by atoms with E-state index in [2.05, 4.69) is 25.7 Å². The van der Waals surface area contributed by atoms with Crippen LogP contribution in [0.3, 0.4) is 0 Å². The molecule has 0 unspecified atom stereocenters. The summed E-state index contributed by atoms with van der Waals surface area (Å²) in [5, 5.41) is 25.2. The zero-order chi connectivity index (χ0) is 32.7. The molecule has 3 aromatic heterocycles. The number of hydrogen-bond donors (Lipinski definition) is 4. The molecule has 0 bridgehead atoms. The fourth-order valence-electron chi connectivity index (χ4n) is 4.88. The number of nitrogens with one attached hydrogen (secondary N) is 2. The second-order valence-corrected chi connectivity index (χ2v) is 9.88. The maximum atomic E-state index is 13.7. The van der Waals surface area contributed by atoms with Crippen LogP contribution in [0, 0.1) is 11.3 Å².